The third-order valence-corrected chi connectivity index (χ3v) is 6.81. The summed E-state index contributed by atoms with van der Waals surface area (Å²) in [6, 6.07) is 22.8. The third-order valence-electron chi connectivity index (χ3n) is 6.81. The first kappa shape index (κ1) is 23.5. The topological polar surface area (TPSA) is 113 Å². The van der Waals surface area contributed by atoms with E-state index in [0.717, 1.165) is 16.7 Å². The van der Waals surface area contributed by atoms with E-state index >= 15 is 0 Å². The van der Waals surface area contributed by atoms with E-state index in [4.69, 9.17) is 9.40 Å². The molecule has 2 aromatic heterocycles. The first-order valence-electron chi connectivity index (χ1n) is 12.3. The van der Waals surface area contributed by atoms with Gasteiger partial charge in [-0.3, -0.25) is 14.2 Å². The SMILES string of the molecule is CC(=O)Nc1ccc2c(c1)[C@H](c1ccccc1)N(c1nc(-c3nc4ccccc4o3)c(O)c(=O)n1C)CC2. The van der Waals surface area contributed by atoms with Crippen LogP contribution in [0.3, 0.4) is 0 Å². The second kappa shape index (κ2) is 9.19. The molecule has 0 bridgehead atoms. The molecule has 0 radical (unpaired) electrons. The number of oxazole rings is 1. The van der Waals surface area contributed by atoms with Crippen LogP contribution >= 0.6 is 0 Å². The zero-order valence-corrected chi connectivity index (χ0v) is 20.9. The molecule has 1 amide bonds. The Morgan fingerprint density at radius 3 is 2.58 bits per heavy atom. The molecule has 0 fully saturated rings. The first-order valence-corrected chi connectivity index (χ1v) is 12.3. The average Bonchev–Trinajstić information content (AvgIpc) is 3.35. The summed E-state index contributed by atoms with van der Waals surface area (Å²) in [5, 5.41) is 13.7. The lowest BCUT2D eigenvalue weighted by Crippen LogP contribution is -2.40. The maximum absolute atomic E-state index is 13.2. The van der Waals surface area contributed by atoms with E-state index in [0.29, 0.717) is 35.7 Å². The van der Waals surface area contributed by atoms with Crippen LogP contribution in [0.25, 0.3) is 22.7 Å². The number of carbonyl (C=O) groups excluding carboxylic acids is 1. The maximum Gasteiger partial charge on any atom is 0.297 e. The number of rotatable bonds is 4. The van der Waals surface area contributed by atoms with Gasteiger partial charge in [-0.15, -0.1) is 0 Å². The minimum atomic E-state index is -0.600. The van der Waals surface area contributed by atoms with Crippen molar-refractivity contribution >= 4 is 28.6 Å². The lowest BCUT2D eigenvalue weighted by molar-refractivity contribution is -0.114. The van der Waals surface area contributed by atoms with Crippen LogP contribution in [0.15, 0.2) is 82.0 Å². The summed E-state index contributed by atoms with van der Waals surface area (Å²) in [6.45, 7) is 2.05. The predicted octanol–water partition coefficient (Wildman–Crippen LogP) is 4.40. The van der Waals surface area contributed by atoms with Crippen molar-refractivity contribution < 1.29 is 14.3 Å². The zero-order chi connectivity index (χ0) is 26.4. The highest BCUT2D eigenvalue weighted by molar-refractivity contribution is 5.89. The Bertz CT molecular complexity index is 1710. The van der Waals surface area contributed by atoms with Crippen molar-refractivity contribution in [2.24, 2.45) is 7.05 Å². The van der Waals surface area contributed by atoms with Gasteiger partial charge in [0.1, 0.15) is 5.52 Å². The summed E-state index contributed by atoms with van der Waals surface area (Å²) in [5.41, 5.74) is 4.36. The van der Waals surface area contributed by atoms with Crippen molar-refractivity contribution in [2.45, 2.75) is 19.4 Å². The number of aromatic hydroxyl groups is 1. The van der Waals surface area contributed by atoms with Gasteiger partial charge in [0.2, 0.25) is 17.6 Å². The zero-order valence-electron chi connectivity index (χ0n) is 20.9. The van der Waals surface area contributed by atoms with Crippen LogP contribution in [0.1, 0.15) is 29.7 Å². The van der Waals surface area contributed by atoms with Crippen LogP contribution in [-0.4, -0.2) is 32.1 Å². The monoisotopic (exact) mass is 507 g/mol. The molecule has 0 spiro atoms. The molecule has 3 aromatic carbocycles. The second-order valence-corrected chi connectivity index (χ2v) is 9.31. The van der Waals surface area contributed by atoms with Gasteiger partial charge in [0.25, 0.3) is 11.4 Å². The molecule has 9 heteroatoms. The number of anilines is 2. The molecule has 5 aromatic rings. The number of nitrogens with zero attached hydrogens (tertiary/aromatic N) is 4. The van der Waals surface area contributed by atoms with Crippen LogP contribution in [-0.2, 0) is 18.3 Å². The summed E-state index contributed by atoms with van der Waals surface area (Å²) >= 11 is 0. The predicted molar refractivity (Wildman–Crippen MR) is 144 cm³/mol. The molecule has 190 valence electrons. The number of aromatic nitrogens is 3. The van der Waals surface area contributed by atoms with Crippen LogP contribution in [0.5, 0.6) is 5.75 Å². The van der Waals surface area contributed by atoms with Gasteiger partial charge in [0.05, 0.1) is 6.04 Å². The van der Waals surface area contributed by atoms with Crippen LogP contribution in [0.4, 0.5) is 11.6 Å². The second-order valence-electron chi connectivity index (χ2n) is 9.31. The van der Waals surface area contributed by atoms with E-state index in [1.165, 1.54) is 11.5 Å². The van der Waals surface area contributed by atoms with E-state index in [1.807, 2.05) is 65.6 Å². The molecule has 1 aliphatic rings. The fourth-order valence-electron chi connectivity index (χ4n) is 5.06. The molecule has 6 rings (SSSR count). The van der Waals surface area contributed by atoms with Gasteiger partial charge in [-0.25, -0.2) is 9.97 Å². The Balaban J connectivity index is 1.54. The number of benzene rings is 3. The molecule has 0 aliphatic carbocycles. The van der Waals surface area contributed by atoms with Crippen LogP contribution < -0.4 is 15.8 Å². The van der Waals surface area contributed by atoms with E-state index in [1.54, 1.807) is 19.2 Å². The van der Waals surface area contributed by atoms with Gasteiger partial charge in [-0.1, -0.05) is 48.5 Å². The molecular formula is C29H25N5O4. The van der Waals surface area contributed by atoms with Crippen molar-refractivity contribution in [3.05, 3.63) is 99.8 Å². The molecular weight excluding hydrogens is 482 g/mol. The lowest BCUT2D eigenvalue weighted by Gasteiger charge is -2.39. The summed E-state index contributed by atoms with van der Waals surface area (Å²) < 4.78 is 7.20. The molecule has 0 saturated carbocycles. The maximum atomic E-state index is 13.2. The normalized spacial score (nSPS) is 14.9. The number of hydrogen-bond acceptors (Lipinski definition) is 7. The van der Waals surface area contributed by atoms with Gasteiger partial charge in [-0.2, -0.15) is 0 Å². The lowest BCUT2D eigenvalue weighted by atomic mass is 9.88. The molecule has 3 heterocycles. The Morgan fingerprint density at radius 2 is 1.82 bits per heavy atom. The van der Waals surface area contributed by atoms with Crippen molar-refractivity contribution in [2.75, 3.05) is 16.8 Å². The third kappa shape index (κ3) is 3.98. The number of carbonyl (C=O) groups is 1. The van der Waals surface area contributed by atoms with Crippen molar-refractivity contribution in [3.63, 3.8) is 0 Å². The Hall–Kier alpha value is -4.92. The smallest absolute Gasteiger partial charge is 0.297 e. The fraction of sp³-hybridized carbons (Fsp3) is 0.172. The van der Waals surface area contributed by atoms with Crippen LogP contribution in [0.2, 0.25) is 0 Å². The highest BCUT2D eigenvalue weighted by Gasteiger charge is 2.33. The minimum Gasteiger partial charge on any atom is -0.501 e. The van der Waals surface area contributed by atoms with Gasteiger partial charge < -0.3 is 19.7 Å². The Morgan fingerprint density at radius 1 is 1.05 bits per heavy atom. The molecule has 9 nitrogen and oxygen atoms in total. The highest BCUT2D eigenvalue weighted by atomic mass is 16.4. The van der Waals surface area contributed by atoms with Gasteiger partial charge in [-0.05, 0) is 47.4 Å². The summed E-state index contributed by atoms with van der Waals surface area (Å²) in [4.78, 5) is 36.3. The Kier molecular flexibility index (Phi) is 5.68. The average molecular weight is 508 g/mol. The molecule has 0 unspecified atom stereocenters. The largest absolute Gasteiger partial charge is 0.501 e. The quantitative estimate of drug-likeness (QED) is 0.371. The van der Waals surface area contributed by atoms with Gasteiger partial charge in [0.15, 0.2) is 11.3 Å². The van der Waals surface area contributed by atoms with Crippen molar-refractivity contribution in [1.29, 1.82) is 0 Å². The highest BCUT2D eigenvalue weighted by Crippen LogP contribution is 2.39. The molecule has 2 N–H and O–H groups in total. The van der Waals surface area contributed by atoms with Gasteiger partial charge in [0, 0.05) is 26.2 Å². The van der Waals surface area contributed by atoms with E-state index < -0.39 is 11.3 Å². The number of nitrogens with one attached hydrogen (secondary N) is 1. The number of para-hydroxylation sites is 2. The van der Waals surface area contributed by atoms with E-state index in [-0.39, 0.29) is 23.5 Å². The van der Waals surface area contributed by atoms with Crippen molar-refractivity contribution in [1.82, 2.24) is 14.5 Å². The van der Waals surface area contributed by atoms with Gasteiger partial charge >= 0.3 is 0 Å². The number of hydrogen-bond donors (Lipinski definition) is 2. The molecule has 38 heavy (non-hydrogen) atoms. The van der Waals surface area contributed by atoms with E-state index in [9.17, 15) is 14.7 Å². The number of fused-ring (bicyclic) bond motifs is 2. The molecule has 1 atom stereocenters. The minimum absolute atomic E-state index is 0.0103. The van der Waals surface area contributed by atoms with E-state index in [2.05, 4.69) is 10.3 Å². The fourth-order valence-corrected chi connectivity index (χ4v) is 5.06. The first-order chi connectivity index (χ1) is 18.4. The van der Waals surface area contributed by atoms with Crippen molar-refractivity contribution in [3.8, 4) is 17.3 Å². The molecule has 0 saturated heterocycles. The number of amides is 1. The molecule has 1 aliphatic heterocycles. The standard InChI is InChI=1S/C29H25N5O4/c1-17(35)30-20-13-12-18-14-15-34(25(21(18)16-20)19-8-4-3-5-9-19)29-32-24(26(36)28(37)33(29)2)27-31-22-10-6-7-11-23(22)38-27/h3-13,16,25,36H,14-15H2,1-2H3,(H,30,35)/t25-/m0/s1. The Labute approximate surface area is 218 Å². The summed E-state index contributed by atoms with van der Waals surface area (Å²) in [7, 11) is 1.59. The summed E-state index contributed by atoms with van der Waals surface area (Å²) in [5.74, 6) is -0.234. The summed E-state index contributed by atoms with van der Waals surface area (Å²) in [6.07, 6.45) is 0.702. The van der Waals surface area contributed by atoms with Crippen LogP contribution in [0, 0.1) is 0 Å².